The standard InChI is InChI=1S/C13H23N3/c1-5-16(11(2)10-15(3)4)13-8-6-7-12(14)9-13/h6-9,11H,5,10,14H2,1-4H3. The van der Waals surface area contributed by atoms with Gasteiger partial charge in [-0.25, -0.2) is 0 Å². The molecular formula is C13H23N3. The number of nitrogen functional groups attached to an aromatic ring is 1. The van der Waals surface area contributed by atoms with E-state index in [-0.39, 0.29) is 0 Å². The quantitative estimate of drug-likeness (QED) is 0.772. The molecule has 0 fully saturated rings. The molecule has 0 aliphatic rings. The summed E-state index contributed by atoms with van der Waals surface area (Å²) in [4.78, 5) is 4.58. The number of nitrogens with two attached hydrogens (primary N) is 1. The summed E-state index contributed by atoms with van der Waals surface area (Å²) in [5.74, 6) is 0. The highest BCUT2D eigenvalue weighted by atomic mass is 15.2. The van der Waals surface area contributed by atoms with E-state index in [1.807, 2.05) is 18.2 Å². The summed E-state index contributed by atoms with van der Waals surface area (Å²) in [6, 6.07) is 8.58. The summed E-state index contributed by atoms with van der Waals surface area (Å²) in [7, 11) is 4.20. The number of benzene rings is 1. The van der Waals surface area contributed by atoms with Gasteiger partial charge in [-0.3, -0.25) is 0 Å². The lowest BCUT2D eigenvalue weighted by atomic mass is 10.2. The summed E-state index contributed by atoms with van der Waals surface area (Å²) in [5.41, 5.74) is 7.85. The molecule has 0 heterocycles. The third kappa shape index (κ3) is 3.42. The van der Waals surface area contributed by atoms with E-state index >= 15 is 0 Å². The molecule has 3 nitrogen and oxygen atoms in total. The van der Waals surface area contributed by atoms with Crippen LogP contribution in [0, 0.1) is 0 Å². The average Bonchev–Trinajstić information content (AvgIpc) is 2.17. The van der Waals surface area contributed by atoms with E-state index in [1.165, 1.54) is 5.69 Å². The van der Waals surface area contributed by atoms with Gasteiger partial charge in [-0.15, -0.1) is 0 Å². The zero-order valence-corrected chi connectivity index (χ0v) is 10.8. The van der Waals surface area contributed by atoms with Crippen LogP contribution in [0.2, 0.25) is 0 Å². The molecule has 0 spiro atoms. The van der Waals surface area contributed by atoms with Gasteiger partial charge in [0.05, 0.1) is 0 Å². The molecule has 0 aliphatic heterocycles. The first-order valence-electron chi connectivity index (χ1n) is 5.81. The van der Waals surface area contributed by atoms with Crippen molar-refractivity contribution in [1.82, 2.24) is 4.90 Å². The van der Waals surface area contributed by atoms with Crippen LogP contribution in [0.25, 0.3) is 0 Å². The van der Waals surface area contributed by atoms with E-state index < -0.39 is 0 Å². The first kappa shape index (κ1) is 12.8. The molecule has 0 aliphatic carbocycles. The van der Waals surface area contributed by atoms with Crippen LogP contribution in [-0.2, 0) is 0 Å². The molecule has 0 saturated heterocycles. The lowest BCUT2D eigenvalue weighted by Crippen LogP contribution is -2.40. The Morgan fingerprint density at radius 1 is 1.31 bits per heavy atom. The number of hydrogen-bond acceptors (Lipinski definition) is 3. The van der Waals surface area contributed by atoms with Crippen molar-refractivity contribution in [2.45, 2.75) is 19.9 Å². The van der Waals surface area contributed by atoms with Gasteiger partial charge in [0, 0.05) is 30.5 Å². The Kier molecular flexibility index (Phi) is 4.62. The predicted octanol–water partition coefficient (Wildman–Crippen LogP) is 2.05. The number of hydrogen-bond donors (Lipinski definition) is 1. The molecule has 1 atom stereocenters. The molecule has 1 unspecified atom stereocenters. The normalized spacial score (nSPS) is 12.8. The molecule has 0 radical (unpaired) electrons. The fraction of sp³-hybridized carbons (Fsp3) is 0.538. The monoisotopic (exact) mass is 221 g/mol. The first-order valence-corrected chi connectivity index (χ1v) is 5.81. The van der Waals surface area contributed by atoms with E-state index in [1.54, 1.807) is 0 Å². The molecule has 16 heavy (non-hydrogen) atoms. The molecule has 0 saturated carbocycles. The summed E-state index contributed by atoms with van der Waals surface area (Å²) < 4.78 is 0. The van der Waals surface area contributed by atoms with Crippen LogP contribution in [-0.4, -0.2) is 38.1 Å². The van der Waals surface area contributed by atoms with Gasteiger partial charge in [0.1, 0.15) is 0 Å². The van der Waals surface area contributed by atoms with Crippen molar-refractivity contribution in [2.24, 2.45) is 0 Å². The van der Waals surface area contributed by atoms with E-state index in [0.717, 1.165) is 18.8 Å². The number of rotatable bonds is 5. The zero-order valence-electron chi connectivity index (χ0n) is 10.8. The van der Waals surface area contributed by atoms with Crippen molar-refractivity contribution in [3.63, 3.8) is 0 Å². The molecule has 1 aromatic rings. The van der Waals surface area contributed by atoms with Crippen molar-refractivity contribution in [2.75, 3.05) is 37.8 Å². The van der Waals surface area contributed by atoms with Crippen LogP contribution in [0.15, 0.2) is 24.3 Å². The fourth-order valence-corrected chi connectivity index (χ4v) is 2.08. The minimum atomic E-state index is 0.488. The molecule has 1 rings (SSSR count). The minimum absolute atomic E-state index is 0.488. The van der Waals surface area contributed by atoms with E-state index in [0.29, 0.717) is 6.04 Å². The maximum absolute atomic E-state index is 5.82. The van der Waals surface area contributed by atoms with E-state index in [9.17, 15) is 0 Å². The molecule has 0 bridgehead atoms. The molecule has 0 aromatic heterocycles. The number of likely N-dealkylation sites (N-methyl/N-ethyl adjacent to an activating group) is 2. The Morgan fingerprint density at radius 2 is 2.00 bits per heavy atom. The molecular weight excluding hydrogens is 198 g/mol. The Balaban J connectivity index is 2.81. The topological polar surface area (TPSA) is 32.5 Å². The van der Waals surface area contributed by atoms with E-state index in [2.05, 4.69) is 43.8 Å². The summed E-state index contributed by atoms with van der Waals surface area (Å²) in [6.45, 7) is 6.46. The number of nitrogens with zero attached hydrogens (tertiary/aromatic N) is 2. The van der Waals surface area contributed by atoms with Gasteiger partial charge in [-0.05, 0) is 46.1 Å². The van der Waals surface area contributed by atoms with Crippen molar-refractivity contribution in [3.05, 3.63) is 24.3 Å². The fourth-order valence-electron chi connectivity index (χ4n) is 2.08. The van der Waals surface area contributed by atoms with Crippen LogP contribution in [0.3, 0.4) is 0 Å². The highest BCUT2D eigenvalue weighted by Gasteiger charge is 2.13. The van der Waals surface area contributed by atoms with Gasteiger partial charge in [-0.2, -0.15) is 0 Å². The second kappa shape index (κ2) is 5.75. The smallest absolute Gasteiger partial charge is 0.0389 e. The summed E-state index contributed by atoms with van der Waals surface area (Å²) >= 11 is 0. The lowest BCUT2D eigenvalue weighted by molar-refractivity contribution is 0.373. The zero-order chi connectivity index (χ0) is 12.1. The van der Waals surface area contributed by atoms with Crippen molar-refractivity contribution in [3.8, 4) is 0 Å². The van der Waals surface area contributed by atoms with Gasteiger partial charge < -0.3 is 15.5 Å². The highest BCUT2D eigenvalue weighted by molar-refractivity contribution is 5.56. The van der Waals surface area contributed by atoms with Gasteiger partial charge in [0.25, 0.3) is 0 Å². The third-order valence-electron chi connectivity index (χ3n) is 2.70. The van der Waals surface area contributed by atoms with Crippen LogP contribution < -0.4 is 10.6 Å². The molecule has 2 N–H and O–H groups in total. The van der Waals surface area contributed by atoms with E-state index in [4.69, 9.17) is 5.73 Å². The molecule has 3 heteroatoms. The Labute approximate surface area is 98.8 Å². The van der Waals surface area contributed by atoms with Gasteiger partial charge in [0.2, 0.25) is 0 Å². The van der Waals surface area contributed by atoms with Crippen LogP contribution in [0.1, 0.15) is 13.8 Å². The van der Waals surface area contributed by atoms with Crippen LogP contribution >= 0.6 is 0 Å². The second-order valence-corrected chi connectivity index (χ2v) is 4.49. The third-order valence-corrected chi connectivity index (χ3v) is 2.70. The Hall–Kier alpha value is -1.22. The number of anilines is 2. The summed E-state index contributed by atoms with van der Waals surface area (Å²) in [5, 5.41) is 0. The predicted molar refractivity (Wildman–Crippen MR) is 71.9 cm³/mol. The minimum Gasteiger partial charge on any atom is -0.399 e. The molecule has 1 aromatic carbocycles. The maximum atomic E-state index is 5.82. The van der Waals surface area contributed by atoms with Gasteiger partial charge in [0.15, 0.2) is 0 Å². The van der Waals surface area contributed by atoms with Crippen LogP contribution in [0.5, 0.6) is 0 Å². The van der Waals surface area contributed by atoms with Crippen LogP contribution in [0.4, 0.5) is 11.4 Å². The van der Waals surface area contributed by atoms with Crippen molar-refractivity contribution >= 4 is 11.4 Å². The summed E-state index contributed by atoms with van der Waals surface area (Å²) in [6.07, 6.45) is 0. The first-order chi connectivity index (χ1) is 7.54. The largest absolute Gasteiger partial charge is 0.399 e. The van der Waals surface area contributed by atoms with Gasteiger partial charge >= 0.3 is 0 Å². The average molecular weight is 221 g/mol. The molecule has 0 amide bonds. The Bertz CT molecular complexity index is 323. The van der Waals surface area contributed by atoms with Gasteiger partial charge in [-0.1, -0.05) is 6.07 Å². The Morgan fingerprint density at radius 3 is 2.50 bits per heavy atom. The highest BCUT2D eigenvalue weighted by Crippen LogP contribution is 2.19. The van der Waals surface area contributed by atoms with Crippen molar-refractivity contribution in [1.29, 1.82) is 0 Å². The maximum Gasteiger partial charge on any atom is 0.0389 e. The lowest BCUT2D eigenvalue weighted by Gasteiger charge is -2.32. The second-order valence-electron chi connectivity index (χ2n) is 4.49. The SMILES string of the molecule is CCN(c1cccc(N)c1)C(C)CN(C)C. The molecule has 90 valence electrons. The van der Waals surface area contributed by atoms with Crippen molar-refractivity contribution < 1.29 is 0 Å².